The van der Waals surface area contributed by atoms with Crippen molar-refractivity contribution in [3.63, 3.8) is 0 Å². The molecular weight excluding hydrogens is 444 g/mol. The lowest BCUT2D eigenvalue weighted by molar-refractivity contribution is -0.0790. The average Bonchev–Trinajstić information content (AvgIpc) is 2.62. The minimum atomic E-state index is -0.0315. The van der Waals surface area contributed by atoms with Crippen molar-refractivity contribution in [2.24, 2.45) is 5.10 Å². The highest BCUT2D eigenvalue weighted by Crippen LogP contribution is 2.30. The van der Waals surface area contributed by atoms with E-state index in [-0.39, 0.29) is 47.5 Å². The van der Waals surface area contributed by atoms with E-state index in [4.69, 9.17) is 5.10 Å². The summed E-state index contributed by atoms with van der Waals surface area (Å²) < 4.78 is 0. The van der Waals surface area contributed by atoms with Crippen molar-refractivity contribution in [1.29, 1.82) is 0 Å². The van der Waals surface area contributed by atoms with Crippen LogP contribution in [0.15, 0.2) is 17.0 Å². The molecule has 0 aliphatic carbocycles. The number of nitrogens with zero attached hydrogens (tertiary/aromatic N) is 3. The second-order valence-electron chi connectivity index (χ2n) is 13.1. The summed E-state index contributed by atoms with van der Waals surface area (Å²) in [6.45, 7) is 18.6. The SMILES string of the molecule is CC1(C)CC(NC2=CC(NC3CC(C)(C)NC(C)(C)C3)=NN(N(CCO)CCO)N2)CC(C)(C)N1. The molecule has 7 N–H and O–H groups in total. The number of hydrogen-bond acceptors (Lipinski definition) is 10. The van der Waals surface area contributed by atoms with Gasteiger partial charge >= 0.3 is 0 Å². The molecule has 10 heteroatoms. The lowest BCUT2D eigenvalue weighted by atomic mass is 9.79. The molecule has 2 fully saturated rings. The first-order valence-corrected chi connectivity index (χ1v) is 13.1. The van der Waals surface area contributed by atoms with Gasteiger partial charge in [-0.3, -0.25) is 5.43 Å². The summed E-state index contributed by atoms with van der Waals surface area (Å²) in [4.78, 5) is 0. The fourth-order valence-electron chi connectivity index (χ4n) is 6.52. The van der Waals surface area contributed by atoms with E-state index in [0.29, 0.717) is 13.1 Å². The van der Waals surface area contributed by atoms with Crippen LogP contribution < -0.4 is 26.7 Å². The second kappa shape index (κ2) is 10.4. The van der Waals surface area contributed by atoms with Crippen LogP contribution in [0.2, 0.25) is 0 Å². The summed E-state index contributed by atoms with van der Waals surface area (Å²) in [6, 6.07) is 0.542. The predicted molar refractivity (Wildman–Crippen MR) is 141 cm³/mol. The number of piperidine rings is 2. The molecule has 0 aromatic rings. The summed E-state index contributed by atoms with van der Waals surface area (Å²) in [6.07, 6.45) is 5.98. The Morgan fingerprint density at radius 1 is 0.829 bits per heavy atom. The van der Waals surface area contributed by atoms with Gasteiger partial charge < -0.3 is 31.5 Å². The molecular formula is C25H50N8O2. The highest BCUT2D eigenvalue weighted by molar-refractivity contribution is 5.93. The quantitative estimate of drug-likeness (QED) is 0.265. The number of aliphatic hydroxyl groups is 2. The van der Waals surface area contributed by atoms with Gasteiger partial charge in [-0.15, -0.1) is 10.3 Å². The van der Waals surface area contributed by atoms with E-state index in [1.807, 2.05) is 11.1 Å². The number of aliphatic hydroxyl groups excluding tert-OH is 2. The fourth-order valence-corrected chi connectivity index (χ4v) is 6.52. The van der Waals surface area contributed by atoms with Crippen LogP contribution in [0.25, 0.3) is 0 Å². The van der Waals surface area contributed by atoms with Gasteiger partial charge in [0.05, 0.1) is 13.2 Å². The van der Waals surface area contributed by atoms with Gasteiger partial charge in [-0.25, -0.2) is 0 Å². The standard InChI is InChI=1S/C25H50N8O2/c1-22(2)14-18(15-23(3,4)30-22)26-20-13-21(29-33(28-20)32(9-11-34)10-12-35)27-19-16-24(5,6)31-25(7,8)17-19/h13,18-19,26,28,30-31,34-35H,9-12,14-17H2,1-8H3,(H,27,29). The van der Waals surface area contributed by atoms with Crippen LogP contribution >= 0.6 is 0 Å². The van der Waals surface area contributed by atoms with Crippen LogP contribution in [-0.2, 0) is 0 Å². The fraction of sp³-hybridized carbons (Fsp3) is 0.880. The Morgan fingerprint density at radius 3 is 1.69 bits per heavy atom. The summed E-state index contributed by atoms with van der Waals surface area (Å²) in [5.41, 5.74) is 3.43. The van der Waals surface area contributed by atoms with E-state index in [0.717, 1.165) is 37.3 Å². The van der Waals surface area contributed by atoms with Crippen LogP contribution in [-0.4, -0.2) is 86.8 Å². The molecule has 0 bridgehead atoms. The maximum Gasteiger partial charge on any atom is 0.153 e. The number of hydrazine groups is 2. The van der Waals surface area contributed by atoms with Crippen LogP contribution in [0.5, 0.6) is 0 Å². The number of hydrazone groups is 1. The van der Waals surface area contributed by atoms with Gasteiger partial charge in [0.15, 0.2) is 5.84 Å². The van der Waals surface area contributed by atoms with Gasteiger partial charge in [0.25, 0.3) is 0 Å². The lowest BCUT2D eigenvalue weighted by Crippen LogP contribution is -2.63. The highest BCUT2D eigenvalue weighted by atomic mass is 16.3. The topological polar surface area (TPSA) is 119 Å². The maximum atomic E-state index is 9.59. The molecule has 35 heavy (non-hydrogen) atoms. The first kappa shape index (κ1) is 28.0. The summed E-state index contributed by atoms with van der Waals surface area (Å²) >= 11 is 0. The molecule has 0 spiro atoms. The molecule has 2 saturated heterocycles. The van der Waals surface area contributed by atoms with E-state index in [9.17, 15) is 10.2 Å². The monoisotopic (exact) mass is 494 g/mol. The van der Waals surface area contributed by atoms with Crippen molar-refractivity contribution in [2.45, 2.75) is 115 Å². The van der Waals surface area contributed by atoms with Crippen LogP contribution in [0.4, 0.5) is 0 Å². The summed E-state index contributed by atoms with van der Waals surface area (Å²) in [7, 11) is 0. The van der Waals surface area contributed by atoms with Crippen molar-refractivity contribution in [2.75, 3.05) is 26.3 Å². The molecule has 10 nitrogen and oxygen atoms in total. The van der Waals surface area contributed by atoms with Gasteiger partial charge in [0.1, 0.15) is 5.82 Å². The van der Waals surface area contributed by atoms with Crippen LogP contribution in [0.3, 0.4) is 0 Å². The molecule has 0 aromatic carbocycles. The van der Waals surface area contributed by atoms with Crippen molar-refractivity contribution in [1.82, 2.24) is 36.9 Å². The zero-order valence-electron chi connectivity index (χ0n) is 23.1. The van der Waals surface area contributed by atoms with Gasteiger partial charge in [0.2, 0.25) is 0 Å². The number of nitrogens with one attached hydrogen (secondary N) is 5. The Bertz CT molecular complexity index is 754. The molecule has 202 valence electrons. The Balaban J connectivity index is 1.82. The zero-order valence-corrected chi connectivity index (χ0v) is 23.1. The third-order valence-corrected chi connectivity index (χ3v) is 6.78. The minimum Gasteiger partial charge on any atom is -0.395 e. The van der Waals surface area contributed by atoms with E-state index in [1.165, 1.54) is 0 Å². The van der Waals surface area contributed by atoms with E-state index in [1.54, 1.807) is 5.23 Å². The third kappa shape index (κ3) is 8.21. The summed E-state index contributed by atoms with van der Waals surface area (Å²) in [5, 5.41) is 42.3. The minimum absolute atomic E-state index is 0.0173. The van der Waals surface area contributed by atoms with Crippen LogP contribution in [0.1, 0.15) is 81.1 Å². The average molecular weight is 495 g/mol. The molecule has 0 aromatic heterocycles. The molecule has 0 amide bonds. The first-order chi connectivity index (χ1) is 16.1. The van der Waals surface area contributed by atoms with Gasteiger partial charge in [0, 0.05) is 53.4 Å². The predicted octanol–water partition coefficient (Wildman–Crippen LogP) is 0.961. The van der Waals surface area contributed by atoms with Gasteiger partial charge in [-0.1, -0.05) is 0 Å². The highest BCUT2D eigenvalue weighted by Gasteiger charge is 2.39. The lowest BCUT2D eigenvalue weighted by Gasteiger charge is -2.48. The molecule has 3 heterocycles. The van der Waals surface area contributed by atoms with Crippen molar-refractivity contribution >= 4 is 5.84 Å². The Kier molecular flexibility index (Phi) is 8.33. The molecule has 0 radical (unpaired) electrons. The van der Waals surface area contributed by atoms with Crippen molar-refractivity contribution in [3.05, 3.63) is 11.9 Å². The maximum absolute atomic E-state index is 9.59. The molecule has 3 rings (SSSR count). The number of amidine groups is 1. The second-order valence-corrected chi connectivity index (χ2v) is 13.1. The van der Waals surface area contributed by atoms with Crippen LogP contribution in [0, 0.1) is 0 Å². The smallest absolute Gasteiger partial charge is 0.153 e. The molecule has 3 aliphatic heterocycles. The molecule has 0 unspecified atom stereocenters. The largest absolute Gasteiger partial charge is 0.395 e. The third-order valence-electron chi connectivity index (χ3n) is 6.78. The van der Waals surface area contributed by atoms with E-state index in [2.05, 4.69) is 82.1 Å². The first-order valence-electron chi connectivity index (χ1n) is 13.1. The van der Waals surface area contributed by atoms with E-state index >= 15 is 0 Å². The number of hydrogen-bond donors (Lipinski definition) is 7. The van der Waals surface area contributed by atoms with E-state index < -0.39 is 0 Å². The van der Waals surface area contributed by atoms with Crippen molar-refractivity contribution < 1.29 is 10.2 Å². The van der Waals surface area contributed by atoms with Gasteiger partial charge in [-0.05, 0) is 81.1 Å². The molecule has 0 atom stereocenters. The molecule has 0 saturated carbocycles. The Labute approximate surface area is 211 Å². The molecule has 3 aliphatic rings. The number of rotatable bonds is 8. The summed E-state index contributed by atoms with van der Waals surface area (Å²) in [5.74, 6) is 1.62. The Morgan fingerprint density at radius 2 is 1.26 bits per heavy atom. The van der Waals surface area contributed by atoms with Gasteiger partial charge in [-0.2, -0.15) is 5.01 Å². The Hall–Kier alpha value is -1.59. The van der Waals surface area contributed by atoms with Crippen molar-refractivity contribution in [3.8, 4) is 0 Å². The zero-order chi connectivity index (χ0) is 26.1. The normalized spacial score (nSPS) is 26.1.